The molecule has 1 fully saturated rings. The second-order valence-electron chi connectivity index (χ2n) is 6.43. The predicted molar refractivity (Wildman–Crippen MR) is 94.0 cm³/mol. The monoisotopic (exact) mass is 367 g/mol. The van der Waals surface area contributed by atoms with Gasteiger partial charge in [-0.1, -0.05) is 13.8 Å². The molecule has 2 aromatic rings. The molecule has 1 aliphatic rings. The first kappa shape index (κ1) is 17.2. The third-order valence-corrected chi connectivity index (χ3v) is 7.21. The van der Waals surface area contributed by atoms with Crippen molar-refractivity contribution < 1.29 is 13.2 Å². The zero-order chi connectivity index (χ0) is 17.5. The van der Waals surface area contributed by atoms with E-state index in [1.165, 1.54) is 11.3 Å². The van der Waals surface area contributed by atoms with Gasteiger partial charge in [-0.2, -0.15) is 5.10 Å². The van der Waals surface area contributed by atoms with Crippen LogP contribution in [0.4, 0.5) is 0 Å². The molecule has 0 spiro atoms. The van der Waals surface area contributed by atoms with Gasteiger partial charge in [0.2, 0.25) is 0 Å². The summed E-state index contributed by atoms with van der Waals surface area (Å²) in [5.74, 6) is 0.230. The minimum absolute atomic E-state index is 0.0118. The largest absolute Gasteiger partial charge is 0.329 e. The van der Waals surface area contributed by atoms with E-state index < -0.39 is 15.9 Å². The standard InChI is InChI=1S/C16H21N3O3S2/c1-11(2)14-4-5-15(23-14)16(20)19-6-7-24(21,22)10-13(19)12-8-17-18(3)9-12/h4-5,8-9,11,13H,6-7,10H2,1-3H3. The van der Waals surface area contributed by atoms with Crippen LogP contribution in [-0.2, 0) is 16.9 Å². The first-order valence-electron chi connectivity index (χ1n) is 7.86. The van der Waals surface area contributed by atoms with Crippen LogP contribution in [0.3, 0.4) is 0 Å². The van der Waals surface area contributed by atoms with Crippen molar-refractivity contribution in [1.82, 2.24) is 14.7 Å². The molecule has 1 aliphatic heterocycles. The summed E-state index contributed by atoms with van der Waals surface area (Å²) in [4.78, 5) is 16.4. The second kappa shape index (κ2) is 6.33. The Labute approximate surface area is 146 Å². The van der Waals surface area contributed by atoms with Crippen molar-refractivity contribution in [3.05, 3.63) is 39.8 Å². The molecule has 6 nitrogen and oxygen atoms in total. The molecule has 3 rings (SSSR count). The van der Waals surface area contributed by atoms with Crippen molar-refractivity contribution in [2.75, 3.05) is 18.1 Å². The Morgan fingerprint density at radius 3 is 2.71 bits per heavy atom. The minimum Gasteiger partial charge on any atom is -0.329 e. The van der Waals surface area contributed by atoms with E-state index in [2.05, 4.69) is 18.9 Å². The summed E-state index contributed by atoms with van der Waals surface area (Å²) in [7, 11) is -1.38. The van der Waals surface area contributed by atoms with Crippen LogP contribution in [0.25, 0.3) is 0 Å². The zero-order valence-corrected chi connectivity index (χ0v) is 15.6. The van der Waals surface area contributed by atoms with Crippen LogP contribution in [0.1, 0.15) is 45.9 Å². The normalized spacial score (nSPS) is 20.5. The van der Waals surface area contributed by atoms with Gasteiger partial charge >= 0.3 is 0 Å². The first-order valence-corrected chi connectivity index (χ1v) is 10.5. The molecule has 0 radical (unpaired) electrons. The van der Waals surface area contributed by atoms with Gasteiger partial charge < -0.3 is 4.90 Å². The number of aryl methyl sites for hydroxylation is 1. The fourth-order valence-electron chi connectivity index (χ4n) is 2.86. The highest BCUT2D eigenvalue weighted by Crippen LogP contribution is 2.31. The Kier molecular flexibility index (Phi) is 4.52. The Balaban J connectivity index is 1.92. The Morgan fingerprint density at radius 2 is 2.12 bits per heavy atom. The minimum atomic E-state index is -3.16. The van der Waals surface area contributed by atoms with Gasteiger partial charge in [0, 0.05) is 30.2 Å². The first-order chi connectivity index (χ1) is 11.3. The van der Waals surface area contributed by atoms with Gasteiger partial charge in [-0.3, -0.25) is 9.48 Å². The molecule has 0 aliphatic carbocycles. The lowest BCUT2D eigenvalue weighted by Crippen LogP contribution is -2.45. The molecular weight excluding hydrogens is 346 g/mol. The van der Waals surface area contributed by atoms with Crippen LogP contribution in [0.2, 0.25) is 0 Å². The smallest absolute Gasteiger partial charge is 0.264 e. The Bertz CT molecular complexity index is 852. The Morgan fingerprint density at radius 1 is 1.38 bits per heavy atom. The summed E-state index contributed by atoms with van der Waals surface area (Å²) in [5, 5.41) is 4.12. The number of thiophene rings is 1. The lowest BCUT2D eigenvalue weighted by Gasteiger charge is -2.34. The highest BCUT2D eigenvalue weighted by molar-refractivity contribution is 7.91. The third kappa shape index (κ3) is 3.39. The number of hydrogen-bond donors (Lipinski definition) is 0. The van der Waals surface area contributed by atoms with Gasteiger partial charge in [0.05, 0.1) is 28.6 Å². The highest BCUT2D eigenvalue weighted by Gasteiger charge is 2.36. The molecule has 1 amide bonds. The fraction of sp³-hybridized carbons (Fsp3) is 0.500. The molecule has 0 saturated carbocycles. The average molecular weight is 367 g/mol. The average Bonchev–Trinajstić information content (AvgIpc) is 3.14. The number of nitrogens with zero attached hydrogens (tertiary/aromatic N) is 3. The molecule has 0 aromatic carbocycles. The van der Waals surface area contributed by atoms with Crippen molar-refractivity contribution in [3.63, 3.8) is 0 Å². The van der Waals surface area contributed by atoms with E-state index in [0.717, 1.165) is 10.4 Å². The topological polar surface area (TPSA) is 72.3 Å². The van der Waals surface area contributed by atoms with Gasteiger partial charge in [-0.05, 0) is 18.1 Å². The number of rotatable bonds is 3. The van der Waals surface area contributed by atoms with E-state index in [1.807, 2.05) is 12.1 Å². The van der Waals surface area contributed by atoms with Crippen molar-refractivity contribution in [2.45, 2.75) is 25.8 Å². The number of hydrogen-bond acceptors (Lipinski definition) is 5. The molecule has 2 aromatic heterocycles. The number of carbonyl (C=O) groups is 1. The lowest BCUT2D eigenvalue weighted by atomic mass is 10.1. The van der Waals surface area contributed by atoms with Crippen molar-refractivity contribution in [3.8, 4) is 0 Å². The van der Waals surface area contributed by atoms with E-state index >= 15 is 0 Å². The van der Waals surface area contributed by atoms with E-state index in [-0.39, 0.29) is 24.0 Å². The molecule has 24 heavy (non-hydrogen) atoms. The van der Waals surface area contributed by atoms with E-state index in [1.54, 1.807) is 29.0 Å². The molecule has 130 valence electrons. The number of carbonyl (C=O) groups excluding carboxylic acids is 1. The molecule has 0 N–H and O–H groups in total. The molecule has 1 saturated heterocycles. The molecule has 3 heterocycles. The van der Waals surface area contributed by atoms with Gasteiger partial charge in [-0.25, -0.2) is 8.42 Å². The van der Waals surface area contributed by atoms with E-state index in [9.17, 15) is 13.2 Å². The quantitative estimate of drug-likeness (QED) is 0.834. The van der Waals surface area contributed by atoms with Crippen LogP contribution >= 0.6 is 11.3 Å². The summed E-state index contributed by atoms with van der Waals surface area (Å²) in [6.07, 6.45) is 3.42. The van der Waals surface area contributed by atoms with Crippen LogP contribution in [-0.4, -0.2) is 47.1 Å². The number of aromatic nitrogens is 2. The van der Waals surface area contributed by atoms with Crippen molar-refractivity contribution >= 4 is 27.1 Å². The summed E-state index contributed by atoms with van der Waals surface area (Å²) < 4.78 is 25.8. The zero-order valence-electron chi connectivity index (χ0n) is 14.0. The SMILES string of the molecule is CC(C)c1ccc(C(=O)N2CCS(=O)(=O)CC2c2cnn(C)c2)s1. The van der Waals surface area contributed by atoms with Crippen molar-refractivity contribution in [1.29, 1.82) is 0 Å². The highest BCUT2D eigenvalue weighted by atomic mass is 32.2. The van der Waals surface area contributed by atoms with Gasteiger partial charge in [-0.15, -0.1) is 11.3 Å². The second-order valence-corrected chi connectivity index (χ2v) is 9.78. The van der Waals surface area contributed by atoms with Crippen LogP contribution in [0.15, 0.2) is 24.5 Å². The molecule has 0 bridgehead atoms. The van der Waals surface area contributed by atoms with Crippen molar-refractivity contribution in [2.24, 2.45) is 7.05 Å². The maximum absolute atomic E-state index is 13.0. The van der Waals surface area contributed by atoms with E-state index in [4.69, 9.17) is 0 Å². The molecular formula is C16H21N3O3S2. The molecule has 8 heteroatoms. The molecule has 1 unspecified atom stereocenters. The predicted octanol–water partition coefficient (Wildman–Crippen LogP) is 2.22. The summed E-state index contributed by atoms with van der Waals surface area (Å²) in [5.41, 5.74) is 0.759. The van der Waals surface area contributed by atoms with Gasteiger partial charge in [0.1, 0.15) is 0 Å². The van der Waals surface area contributed by atoms with Gasteiger partial charge in [0.15, 0.2) is 9.84 Å². The maximum atomic E-state index is 13.0. The summed E-state index contributed by atoms with van der Waals surface area (Å²) >= 11 is 1.48. The third-order valence-electron chi connectivity index (χ3n) is 4.21. The number of amides is 1. The maximum Gasteiger partial charge on any atom is 0.264 e. The van der Waals surface area contributed by atoms with Crippen LogP contribution < -0.4 is 0 Å². The van der Waals surface area contributed by atoms with E-state index in [0.29, 0.717) is 10.8 Å². The van der Waals surface area contributed by atoms with Crippen LogP contribution in [0, 0.1) is 0 Å². The summed E-state index contributed by atoms with van der Waals surface area (Å²) in [6.45, 7) is 4.40. The fourth-order valence-corrected chi connectivity index (χ4v) is 5.32. The van der Waals surface area contributed by atoms with Gasteiger partial charge in [0.25, 0.3) is 5.91 Å². The lowest BCUT2D eigenvalue weighted by molar-refractivity contribution is 0.0702. The number of sulfone groups is 1. The Hall–Kier alpha value is -1.67. The molecule has 1 atom stereocenters. The van der Waals surface area contributed by atoms with Crippen LogP contribution in [0.5, 0.6) is 0 Å². The summed E-state index contributed by atoms with van der Waals surface area (Å²) in [6, 6.07) is 3.34.